The molecule has 1 aromatic heterocycles. The van der Waals surface area contributed by atoms with Crippen LogP contribution in [0.3, 0.4) is 0 Å². The van der Waals surface area contributed by atoms with Crippen molar-refractivity contribution in [1.82, 2.24) is 15.2 Å². The number of hydrogen-bond acceptors (Lipinski definition) is 6. The zero-order chi connectivity index (χ0) is 17.2. The molecule has 7 heteroatoms. The third-order valence-electron chi connectivity index (χ3n) is 4.89. The molecule has 1 aromatic carbocycles. The maximum absolute atomic E-state index is 12.5. The fourth-order valence-electron chi connectivity index (χ4n) is 3.53. The van der Waals surface area contributed by atoms with Crippen molar-refractivity contribution in [3.8, 4) is 16.9 Å². The van der Waals surface area contributed by atoms with Gasteiger partial charge >= 0.3 is 0 Å². The predicted octanol–water partition coefficient (Wildman–Crippen LogP) is 2.63. The zero-order valence-electron chi connectivity index (χ0n) is 13.6. The number of thiazole rings is 1. The Bertz CT molecular complexity index is 803. The van der Waals surface area contributed by atoms with Gasteiger partial charge in [-0.15, -0.1) is 0 Å². The maximum atomic E-state index is 12.5. The van der Waals surface area contributed by atoms with E-state index in [1.807, 2.05) is 6.07 Å². The van der Waals surface area contributed by atoms with Gasteiger partial charge in [-0.25, -0.2) is 4.98 Å². The predicted molar refractivity (Wildman–Crippen MR) is 93.8 cm³/mol. The molecule has 1 atom stereocenters. The fraction of sp³-hybridized carbons (Fsp3) is 0.389. The van der Waals surface area contributed by atoms with E-state index in [-0.39, 0.29) is 11.9 Å². The third-order valence-corrected chi connectivity index (χ3v) is 5.67. The second-order valence-corrected chi connectivity index (χ2v) is 7.43. The first-order chi connectivity index (χ1) is 12.2. The third kappa shape index (κ3) is 3.50. The van der Waals surface area contributed by atoms with Gasteiger partial charge in [-0.1, -0.05) is 11.3 Å². The lowest BCUT2D eigenvalue weighted by Crippen LogP contribution is -2.57. The first-order valence-electron chi connectivity index (χ1n) is 8.38. The maximum Gasteiger partial charge on any atom is 0.251 e. The van der Waals surface area contributed by atoms with Crippen LogP contribution < -0.4 is 10.1 Å². The molecule has 2 aromatic rings. The Morgan fingerprint density at radius 1 is 1.32 bits per heavy atom. The van der Waals surface area contributed by atoms with Crippen molar-refractivity contribution in [3.63, 3.8) is 0 Å². The number of amides is 1. The lowest BCUT2D eigenvalue weighted by molar-refractivity contribution is 0.0620. The monoisotopic (exact) mass is 354 g/mol. The van der Waals surface area contributed by atoms with E-state index in [1.54, 1.807) is 24.3 Å². The number of nitrogens with one attached hydrogen (secondary N) is 1. The van der Waals surface area contributed by atoms with Crippen molar-refractivity contribution >= 4 is 17.2 Å². The summed E-state index contributed by atoms with van der Waals surface area (Å²) in [5, 5.41) is 12.9. The van der Waals surface area contributed by atoms with E-state index < -0.39 is 0 Å². The summed E-state index contributed by atoms with van der Waals surface area (Å²) in [6, 6.07) is 9.28. The quantitative estimate of drug-likeness (QED) is 0.913. The number of piperidine rings is 3. The Kier molecular flexibility index (Phi) is 4.38. The highest BCUT2D eigenvalue weighted by Gasteiger charge is 2.34. The Morgan fingerprint density at radius 3 is 2.68 bits per heavy atom. The molecule has 3 aliphatic rings. The van der Waals surface area contributed by atoms with Crippen LogP contribution in [0, 0.1) is 17.2 Å². The van der Waals surface area contributed by atoms with Gasteiger partial charge in [0.15, 0.2) is 5.01 Å². The summed E-state index contributed by atoms with van der Waals surface area (Å²) in [5.74, 6) is 1.19. The topological polar surface area (TPSA) is 78.2 Å². The average Bonchev–Trinajstić information content (AvgIpc) is 3.11. The van der Waals surface area contributed by atoms with E-state index >= 15 is 0 Å². The number of ether oxygens (including phenoxy) is 1. The van der Waals surface area contributed by atoms with Crippen LogP contribution in [0.1, 0.15) is 28.2 Å². The molecule has 4 heterocycles. The summed E-state index contributed by atoms with van der Waals surface area (Å²) in [5.41, 5.74) is 0.630. The molecule has 2 bridgehead atoms. The van der Waals surface area contributed by atoms with Gasteiger partial charge in [-0.2, -0.15) is 5.26 Å². The first-order valence-corrected chi connectivity index (χ1v) is 9.20. The van der Waals surface area contributed by atoms with Gasteiger partial charge in [-0.3, -0.25) is 4.79 Å². The van der Waals surface area contributed by atoms with Crippen LogP contribution in [0.4, 0.5) is 0 Å². The summed E-state index contributed by atoms with van der Waals surface area (Å²) >= 11 is 1.19. The number of aromatic nitrogens is 1. The van der Waals surface area contributed by atoms with Crippen LogP contribution >= 0.6 is 11.3 Å². The highest BCUT2D eigenvalue weighted by atomic mass is 32.1. The Balaban J connectivity index is 1.38. The van der Waals surface area contributed by atoms with Crippen LogP contribution in [0.2, 0.25) is 0 Å². The van der Waals surface area contributed by atoms with E-state index in [0.29, 0.717) is 27.3 Å². The molecule has 1 unspecified atom stereocenters. The number of fused-ring (bicyclic) bond motifs is 3. The van der Waals surface area contributed by atoms with Crippen molar-refractivity contribution in [3.05, 3.63) is 41.0 Å². The molecule has 1 N–H and O–H groups in total. The summed E-state index contributed by atoms with van der Waals surface area (Å²) < 4.78 is 5.65. The number of nitriles is 1. The molecule has 3 aliphatic heterocycles. The van der Waals surface area contributed by atoms with Gasteiger partial charge in [0.05, 0.1) is 6.20 Å². The molecule has 5 rings (SSSR count). The van der Waals surface area contributed by atoms with Crippen LogP contribution in [0.25, 0.3) is 0 Å². The van der Waals surface area contributed by atoms with Gasteiger partial charge < -0.3 is 15.0 Å². The molecule has 0 aliphatic carbocycles. The molecule has 3 saturated heterocycles. The second-order valence-electron chi connectivity index (χ2n) is 6.44. The molecule has 0 saturated carbocycles. The van der Waals surface area contributed by atoms with Crippen LogP contribution in [0.15, 0.2) is 30.5 Å². The van der Waals surface area contributed by atoms with Gasteiger partial charge in [-0.05, 0) is 56.1 Å². The highest BCUT2D eigenvalue weighted by molar-refractivity contribution is 7.13. The minimum absolute atomic E-state index is 0.0325. The molecule has 128 valence electrons. The highest BCUT2D eigenvalue weighted by Crippen LogP contribution is 2.29. The summed E-state index contributed by atoms with van der Waals surface area (Å²) in [7, 11) is 0. The van der Waals surface area contributed by atoms with Crippen molar-refractivity contribution < 1.29 is 9.53 Å². The standard InChI is InChI=1S/C18H18N4O2S/c19-9-16-20-10-17(25-16)24-14-3-1-13(2-4-14)18(23)21-15-11-22-7-5-12(15)6-8-22/h1-4,10,12,15H,5-8,11H2,(H,21,23). The van der Waals surface area contributed by atoms with Crippen LogP contribution in [-0.4, -0.2) is 41.5 Å². The van der Waals surface area contributed by atoms with Gasteiger partial charge in [0.1, 0.15) is 11.8 Å². The lowest BCUT2D eigenvalue weighted by atomic mass is 9.84. The number of hydrogen-bond donors (Lipinski definition) is 1. The number of nitrogens with zero attached hydrogens (tertiary/aromatic N) is 3. The summed E-state index contributed by atoms with van der Waals surface area (Å²) in [6.07, 6.45) is 3.88. The van der Waals surface area contributed by atoms with Crippen molar-refractivity contribution in [2.45, 2.75) is 18.9 Å². The minimum Gasteiger partial charge on any atom is -0.445 e. The van der Waals surface area contributed by atoms with Gasteiger partial charge in [0.25, 0.3) is 5.91 Å². The Labute approximate surface area is 150 Å². The smallest absolute Gasteiger partial charge is 0.251 e. The van der Waals surface area contributed by atoms with E-state index in [2.05, 4.69) is 15.2 Å². The second kappa shape index (κ2) is 6.82. The Hall–Kier alpha value is -2.43. The molecule has 6 nitrogen and oxygen atoms in total. The number of rotatable bonds is 4. The van der Waals surface area contributed by atoms with E-state index in [4.69, 9.17) is 10.00 Å². The zero-order valence-corrected chi connectivity index (χ0v) is 14.5. The van der Waals surface area contributed by atoms with Crippen molar-refractivity contribution in [2.75, 3.05) is 19.6 Å². The molecular weight excluding hydrogens is 336 g/mol. The van der Waals surface area contributed by atoms with E-state index in [0.717, 1.165) is 19.6 Å². The van der Waals surface area contributed by atoms with Crippen molar-refractivity contribution in [1.29, 1.82) is 5.26 Å². The van der Waals surface area contributed by atoms with E-state index in [9.17, 15) is 4.79 Å². The molecule has 3 fully saturated rings. The first kappa shape index (κ1) is 16.1. The van der Waals surface area contributed by atoms with Gasteiger partial charge in [0, 0.05) is 18.2 Å². The van der Waals surface area contributed by atoms with Gasteiger partial charge in [0.2, 0.25) is 5.06 Å². The van der Waals surface area contributed by atoms with E-state index in [1.165, 1.54) is 30.4 Å². The lowest BCUT2D eigenvalue weighted by Gasteiger charge is -2.44. The summed E-state index contributed by atoms with van der Waals surface area (Å²) in [6.45, 7) is 3.28. The molecule has 0 radical (unpaired) electrons. The Morgan fingerprint density at radius 2 is 2.08 bits per heavy atom. The number of carbonyl (C=O) groups is 1. The normalized spacial score (nSPS) is 24.5. The SMILES string of the molecule is N#Cc1ncc(Oc2ccc(C(=O)NC3CN4CCC3CC4)cc2)s1. The summed E-state index contributed by atoms with van der Waals surface area (Å²) in [4.78, 5) is 18.8. The largest absolute Gasteiger partial charge is 0.445 e. The van der Waals surface area contributed by atoms with Crippen LogP contribution in [-0.2, 0) is 0 Å². The minimum atomic E-state index is -0.0325. The molecule has 25 heavy (non-hydrogen) atoms. The fourth-order valence-corrected chi connectivity index (χ4v) is 4.11. The number of benzene rings is 1. The molecule has 0 spiro atoms. The molecule has 1 amide bonds. The average molecular weight is 354 g/mol. The number of carbonyl (C=O) groups excluding carboxylic acids is 1. The molecular formula is C18H18N4O2S. The van der Waals surface area contributed by atoms with Crippen LogP contribution in [0.5, 0.6) is 10.8 Å². The van der Waals surface area contributed by atoms with Crippen molar-refractivity contribution in [2.24, 2.45) is 5.92 Å².